The van der Waals surface area contributed by atoms with Gasteiger partial charge in [-0.1, -0.05) is 24.6 Å². The SMILES string of the molecule is O=C(Nc1ccccc1CCC(F)(F)F)N1C[C@H]2CCC[C@H]2C1. The van der Waals surface area contributed by atoms with Gasteiger partial charge < -0.3 is 10.2 Å². The Hall–Kier alpha value is -1.72. The van der Waals surface area contributed by atoms with E-state index in [9.17, 15) is 18.0 Å². The van der Waals surface area contributed by atoms with E-state index in [0.717, 1.165) is 13.1 Å². The summed E-state index contributed by atoms with van der Waals surface area (Å²) in [6.07, 6.45) is -1.60. The van der Waals surface area contributed by atoms with E-state index in [0.29, 0.717) is 23.1 Å². The first-order chi connectivity index (χ1) is 10.9. The van der Waals surface area contributed by atoms with Gasteiger partial charge in [-0.15, -0.1) is 0 Å². The fraction of sp³-hybridized carbons (Fsp3) is 0.588. The van der Waals surface area contributed by atoms with E-state index < -0.39 is 12.6 Å². The third-order valence-electron chi connectivity index (χ3n) is 4.95. The van der Waals surface area contributed by atoms with Crippen molar-refractivity contribution in [1.82, 2.24) is 4.90 Å². The molecule has 3 rings (SSSR count). The van der Waals surface area contributed by atoms with Crippen LogP contribution < -0.4 is 5.32 Å². The molecular weight excluding hydrogens is 305 g/mol. The molecule has 1 heterocycles. The quantitative estimate of drug-likeness (QED) is 0.875. The van der Waals surface area contributed by atoms with Gasteiger partial charge in [0.1, 0.15) is 0 Å². The van der Waals surface area contributed by atoms with Crippen LogP contribution in [0.5, 0.6) is 0 Å². The van der Waals surface area contributed by atoms with E-state index in [2.05, 4.69) is 5.32 Å². The minimum atomic E-state index is -4.19. The molecule has 23 heavy (non-hydrogen) atoms. The van der Waals surface area contributed by atoms with Crippen LogP contribution in [0.3, 0.4) is 0 Å². The summed E-state index contributed by atoms with van der Waals surface area (Å²) in [5.74, 6) is 1.20. The van der Waals surface area contributed by atoms with Gasteiger partial charge in [-0.05, 0) is 42.7 Å². The highest BCUT2D eigenvalue weighted by Gasteiger charge is 2.38. The number of carbonyl (C=O) groups excluding carboxylic acids is 1. The summed E-state index contributed by atoms with van der Waals surface area (Å²) < 4.78 is 37.3. The summed E-state index contributed by atoms with van der Waals surface area (Å²) in [4.78, 5) is 14.2. The summed E-state index contributed by atoms with van der Waals surface area (Å²) in [6, 6.07) is 6.53. The molecule has 1 N–H and O–H groups in total. The molecule has 0 aromatic heterocycles. The van der Waals surface area contributed by atoms with Crippen LogP contribution in [-0.2, 0) is 6.42 Å². The predicted molar refractivity (Wildman–Crippen MR) is 82.2 cm³/mol. The van der Waals surface area contributed by atoms with E-state index in [4.69, 9.17) is 0 Å². The summed E-state index contributed by atoms with van der Waals surface area (Å²) in [5.41, 5.74) is 1.01. The van der Waals surface area contributed by atoms with Gasteiger partial charge >= 0.3 is 12.2 Å². The number of hydrogen-bond acceptors (Lipinski definition) is 1. The van der Waals surface area contributed by atoms with Crippen molar-refractivity contribution in [2.45, 2.75) is 38.3 Å². The van der Waals surface area contributed by atoms with Gasteiger partial charge in [0.15, 0.2) is 0 Å². The van der Waals surface area contributed by atoms with E-state index >= 15 is 0 Å². The Bertz CT molecular complexity index is 561. The number of halogens is 3. The first-order valence-corrected chi connectivity index (χ1v) is 8.13. The number of aryl methyl sites for hydroxylation is 1. The molecule has 2 fully saturated rings. The second kappa shape index (κ2) is 6.42. The molecule has 1 aromatic carbocycles. The minimum absolute atomic E-state index is 0.120. The first kappa shape index (κ1) is 16.1. The molecule has 1 saturated heterocycles. The summed E-state index contributed by atoms with van der Waals surface area (Å²) in [5, 5.41) is 2.80. The average Bonchev–Trinajstić information content (AvgIpc) is 3.06. The molecule has 0 radical (unpaired) electrons. The largest absolute Gasteiger partial charge is 0.389 e. The molecule has 2 aliphatic rings. The molecule has 2 amide bonds. The summed E-state index contributed by atoms with van der Waals surface area (Å²) in [7, 11) is 0. The number of rotatable bonds is 3. The Morgan fingerprint density at radius 1 is 1.17 bits per heavy atom. The minimum Gasteiger partial charge on any atom is -0.324 e. The maximum atomic E-state index is 12.4. The van der Waals surface area contributed by atoms with Gasteiger partial charge in [-0.25, -0.2) is 4.79 Å². The molecule has 0 bridgehead atoms. The zero-order chi connectivity index (χ0) is 16.4. The second-order valence-electron chi connectivity index (χ2n) is 6.56. The molecular formula is C17H21F3N2O. The van der Waals surface area contributed by atoms with Crippen molar-refractivity contribution >= 4 is 11.7 Å². The number of likely N-dealkylation sites (tertiary alicyclic amines) is 1. The lowest BCUT2D eigenvalue weighted by Gasteiger charge is -2.19. The average molecular weight is 326 g/mol. The van der Waals surface area contributed by atoms with Gasteiger partial charge in [-0.3, -0.25) is 0 Å². The zero-order valence-electron chi connectivity index (χ0n) is 12.9. The van der Waals surface area contributed by atoms with Crippen LogP contribution in [0.1, 0.15) is 31.2 Å². The fourth-order valence-electron chi connectivity index (χ4n) is 3.73. The maximum absolute atomic E-state index is 12.4. The van der Waals surface area contributed by atoms with Crippen LogP contribution in [0.25, 0.3) is 0 Å². The normalized spacial score (nSPS) is 23.9. The lowest BCUT2D eigenvalue weighted by molar-refractivity contribution is -0.133. The monoisotopic (exact) mass is 326 g/mol. The molecule has 1 aliphatic carbocycles. The lowest BCUT2D eigenvalue weighted by atomic mass is 10.0. The maximum Gasteiger partial charge on any atom is 0.389 e. The lowest BCUT2D eigenvalue weighted by Crippen LogP contribution is -2.34. The summed E-state index contributed by atoms with van der Waals surface area (Å²) >= 11 is 0. The molecule has 2 atom stereocenters. The van der Waals surface area contributed by atoms with Crippen LogP contribution >= 0.6 is 0 Å². The Kier molecular flexibility index (Phi) is 4.50. The number of fused-ring (bicyclic) bond motifs is 1. The highest BCUT2D eigenvalue weighted by molar-refractivity contribution is 5.90. The van der Waals surface area contributed by atoms with Crippen LogP contribution in [0.2, 0.25) is 0 Å². The van der Waals surface area contributed by atoms with Crippen molar-refractivity contribution in [3.63, 3.8) is 0 Å². The van der Waals surface area contributed by atoms with Crippen LogP contribution in [-0.4, -0.2) is 30.2 Å². The van der Waals surface area contributed by atoms with Gasteiger partial charge in [-0.2, -0.15) is 13.2 Å². The third kappa shape index (κ3) is 3.98. The second-order valence-corrected chi connectivity index (χ2v) is 6.56. The number of benzene rings is 1. The number of hydrogen-bond donors (Lipinski definition) is 1. The standard InChI is InChI=1S/C17H21F3N2O/c18-17(19,20)9-8-12-4-1-2-7-15(12)21-16(23)22-10-13-5-3-6-14(13)11-22/h1-2,4,7,13-14H,3,5-6,8-11H2,(H,21,23)/t13-,14+. The fourth-order valence-corrected chi connectivity index (χ4v) is 3.73. The Balaban J connectivity index is 1.62. The number of nitrogens with one attached hydrogen (secondary N) is 1. The third-order valence-corrected chi connectivity index (χ3v) is 4.95. The summed E-state index contributed by atoms with van der Waals surface area (Å²) in [6.45, 7) is 1.53. The molecule has 6 heteroatoms. The number of anilines is 1. The van der Waals surface area contributed by atoms with E-state index in [1.807, 2.05) is 0 Å². The van der Waals surface area contributed by atoms with Crippen LogP contribution in [0.4, 0.5) is 23.7 Å². The number of carbonyl (C=O) groups is 1. The predicted octanol–water partition coefficient (Wildman–Crippen LogP) is 4.45. The Labute approximate surface area is 133 Å². The van der Waals surface area contributed by atoms with Crippen molar-refractivity contribution in [2.75, 3.05) is 18.4 Å². The number of alkyl halides is 3. The van der Waals surface area contributed by atoms with Crippen molar-refractivity contribution in [2.24, 2.45) is 11.8 Å². The molecule has 1 saturated carbocycles. The molecule has 1 aliphatic heterocycles. The first-order valence-electron chi connectivity index (χ1n) is 8.13. The Morgan fingerprint density at radius 3 is 2.48 bits per heavy atom. The highest BCUT2D eigenvalue weighted by atomic mass is 19.4. The van der Waals surface area contributed by atoms with E-state index in [1.165, 1.54) is 19.3 Å². The number of urea groups is 1. The van der Waals surface area contributed by atoms with Crippen molar-refractivity contribution in [3.05, 3.63) is 29.8 Å². The van der Waals surface area contributed by atoms with E-state index in [-0.39, 0.29) is 12.5 Å². The van der Waals surface area contributed by atoms with Crippen LogP contribution in [0, 0.1) is 11.8 Å². The Morgan fingerprint density at radius 2 is 1.83 bits per heavy atom. The van der Waals surface area contributed by atoms with Crippen molar-refractivity contribution in [3.8, 4) is 0 Å². The molecule has 1 aromatic rings. The van der Waals surface area contributed by atoms with Gasteiger partial charge in [0.25, 0.3) is 0 Å². The van der Waals surface area contributed by atoms with E-state index in [1.54, 1.807) is 29.2 Å². The van der Waals surface area contributed by atoms with Crippen molar-refractivity contribution in [1.29, 1.82) is 0 Å². The smallest absolute Gasteiger partial charge is 0.324 e. The zero-order valence-corrected chi connectivity index (χ0v) is 12.9. The number of amides is 2. The topological polar surface area (TPSA) is 32.3 Å². The molecule has 3 nitrogen and oxygen atoms in total. The van der Waals surface area contributed by atoms with Crippen LogP contribution in [0.15, 0.2) is 24.3 Å². The molecule has 0 spiro atoms. The molecule has 126 valence electrons. The highest BCUT2D eigenvalue weighted by Crippen LogP contribution is 2.38. The van der Waals surface area contributed by atoms with Gasteiger partial charge in [0, 0.05) is 25.2 Å². The molecule has 0 unspecified atom stereocenters. The van der Waals surface area contributed by atoms with Crippen molar-refractivity contribution < 1.29 is 18.0 Å². The number of para-hydroxylation sites is 1. The van der Waals surface area contributed by atoms with Gasteiger partial charge in [0.05, 0.1) is 0 Å². The van der Waals surface area contributed by atoms with Gasteiger partial charge in [0.2, 0.25) is 0 Å². The number of nitrogens with zero attached hydrogens (tertiary/aromatic N) is 1.